The van der Waals surface area contributed by atoms with E-state index in [1.54, 1.807) is 12.1 Å². The van der Waals surface area contributed by atoms with E-state index in [2.05, 4.69) is 22.1 Å². The highest BCUT2D eigenvalue weighted by molar-refractivity contribution is 5.80. The van der Waals surface area contributed by atoms with Crippen LogP contribution in [0.15, 0.2) is 29.3 Å². The second-order valence-electron chi connectivity index (χ2n) is 6.58. The van der Waals surface area contributed by atoms with Crippen molar-refractivity contribution in [3.05, 3.63) is 39.9 Å². The Kier molecular flexibility index (Phi) is 4.50. The number of nitrogens with one attached hydrogen (secondary N) is 1. The van der Waals surface area contributed by atoms with Crippen LogP contribution < -0.4 is 5.32 Å². The summed E-state index contributed by atoms with van der Waals surface area (Å²) in [6.07, 6.45) is 5.24. The van der Waals surface area contributed by atoms with Crippen molar-refractivity contribution in [2.45, 2.75) is 39.2 Å². The zero-order chi connectivity index (χ0) is 16.3. The SMILES string of the molecule is CCNC(=NCc1ccccc1[N+](=O)[O-])N1CCC2(CCC2)C1. The standard InChI is InChI=1S/C17H24N4O2/c1-2-18-16(20-11-10-17(13-20)8-5-9-17)19-12-14-6-3-4-7-15(14)21(22)23/h3-4,6-7H,2,5,8-13H2,1H3,(H,18,19). The number of nitro groups is 1. The van der Waals surface area contributed by atoms with Gasteiger partial charge in [-0.15, -0.1) is 0 Å². The third-order valence-corrected chi connectivity index (χ3v) is 5.07. The quantitative estimate of drug-likeness (QED) is 0.401. The van der Waals surface area contributed by atoms with Crippen LogP contribution in [0.5, 0.6) is 0 Å². The zero-order valence-corrected chi connectivity index (χ0v) is 13.6. The second-order valence-corrected chi connectivity index (χ2v) is 6.58. The minimum absolute atomic E-state index is 0.143. The van der Waals surface area contributed by atoms with E-state index in [1.807, 2.05) is 6.07 Å². The van der Waals surface area contributed by atoms with E-state index in [1.165, 1.54) is 31.7 Å². The second kappa shape index (κ2) is 6.56. The maximum absolute atomic E-state index is 11.1. The topological polar surface area (TPSA) is 70.8 Å². The molecule has 1 saturated heterocycles. The molecular formula is C17H24N4O2. The van der Waals surface area contributed by atoms with E-state index >= 15 is 0 Å². The first-order valence-electron chi connectivity index (χ1n) is 8.39. The van der Waals surface area contributed by atoms with E-state index < -0.39 is 0 Å². The van der Waals surface area contributed by atoms with Crippen molar-refractivity contribution in [3.8, 4) is 0 Å². The summed E-state index contributed by atoms with van der Waals surface area (Å²) in [5, 5.41) is 14.4. The fraction of sp³-hybridized carbons (Fsp3) is 0.588. The van der Waals surface area contributed by atoms with Gasteiger partial charge in [-0.2, -0.15) is 0 Å². The van der Waals surface area contributed by atoms with Gasteiger partial charge >= 0.3 is 0 Å². The monoisotopic (exact) mass is 316 g/mol. The maximum atomic E-state index is 11.1. The van der Waals surface area contributed by atoms with Crippen molar-refractivity contribution < 1.29 is 4.92 Å². The minimum atomic E-state index is -0.336. The predicted molar refractivity (Wildman–Crippen MR) is 90.4 cm³/mol. The molecular weight excluding hydrogens is 292 g/mol. The summed E-state index contributed by atoms with van der Waals surface area (Å²) in [5.41, 5.74) is 1.31. The van der Waals surface area contributed by atoms with Gasteiger partial charge in [0.05, 0.1) is 17.0 Å². The Balaban J connectivity index is 1.74. The molecule has 0 unspecified atom stereocenters. The van der Waals surface area contributed by atoms with Crippen LogP contribution in [0.3, 0.4) is 0 Å². The molecule has 0 amide bonds. The Hall–Kier alpha value is -2.11. The molecule has 0 radical (unpaired) electrons. The molecule has 1 aliphatic carbocycles. The van der Waals surface area contributed by atoms with Gasteiger partial charge in [-0.25, -0.2) is 4.99 Å². The average molecular weight is 316 g/mol. The zero-order valence-electron chi connectivity index (χ0n) is 13.6. The summed E-state index contributed by atoms with van der Waals surface area (Å²) in [5.74, 6) is 0.884. The molecule has 1 aromatic rings. The lowest BCUT2D eigenvalue weighted by molar-refractivity contribution is -0.385. The number of aliphatic imine (C=N–C) groups is 1. The highest BCUT2D eigenvalue weighted by atomic mass is 16.6. The molecule has 6 nitrogen and oxygen atoms in total. The molecule has 23 heavy (non-hydrogen) atoms. The first kappa shape index (κ1) is 15.8. The lowest BCUT2D eigenvalue weighted by Gasteiger charge is -2.38. The lowest BCUT2D eigenvalue weighted by Crippen LogP contribution is -2.42. The van der Waals surface area contributed by atoms with Crippen LogP contribution in [0.4, 0.5) is 5.69 Å². The number of para-hydroxylation sites is 1. The predicted octanol–water partition coefficient (Wildman–Crippen LogP) is 2.94. The Bertz CT molecular complexity index is 610. The molecule has 1 N–H and O–H groups in total. The number of guanidine groups is 1. The van der Waals surface area contributed by atoms with Crippen LogP contribution in [-0.4, -0.2) is 35.4 Å². The van der Waals surface area contributed by atoms with Gasteiger partial charge in [-0.05, 0) is 31.6 Å². The van der Waals surface area contributed by atoms with E-state index in [-0.39, 0.29) is 10.6 Å². The van der Waals surface area contributed by atoms with Gasteiger partial charge < -0.3 is 10.2 Å². The van der Waals surface area contributed by atoms with Gasteiger partial charge in [0, 0.05) is 25.7 Å². The molecule has 2 fully saturated rings. The first-order chi connectivity index (χ1) is 11.1. The molecule has 0 aromatic heterocycles. The number of hydrogen-bond acceptors (Lipinski definition) is 3. The summed E-state index contributed by atoms with van der Waals surface area (Å²) in [7, 11) is 0. The number of nitro benzene ring substituents is 1. The van der Waals surface area contributed by atoms with Crippen LogP contribution in [0.2, 0.25) is 0 Å². The van der Waals surface area contributed by atoms with E-state index in [0.717, 1.165) is 25.6 Å². The number of likely N-dealkylation sites (tertiary alicyclic amines) is 1. The molecule has 1 aromatic carbocycles. The normalized spacial score (nSPS) is 19.7. The summed E-state index contributed by atoms with van der Waals surface area (Å²) < 4.78 is 0. The molecule has 2 aliphatic rings. The summed E-state index contributed by atoms with van der Waals surface area (Å²) in [4.78, 5) is 17.8. The lowest BCUT2D eigenvalue weighted by atomic mass is 9.68. The van der Waals surface area contributed by atoms with Gasteiger partial charge in [0.1, 0.15) is 0 Å². The Labute approximate surface area is 136 Å². The maximum Gasteiger partial charge on any atom is 0.274 e. The first-order valence-corrected chi connectivity index (χ1v) is 8.39. The molecule has 1 aliphatic heterocycles. The highest BCUT2D eigenvalue weighted by Crippen LogP contribution is 2.47. The van der Waals surface area contributed by atoms with Crippen molar-refractivity contribution >= 4 is 11.6 Å². The smallest absolute Gasteiger partial charge is 0.274 e. The minimum Gasteiger partial charge on any atom is -0.357 e. The van der Waals surface area contributed by atoms with Gasteiger partial charge in [0.15, 0.2) is 5.96 Å². The molecule has 1 saturated carbocycles. The van der Waals surface area contributed by atoms with Gasteiger partial charge in [-0.3, -0.25) is 10.1 Å². The molecule has 3 rings (SSSR count). The number of hydrogen-bond donors (Lipinski definition) is 1. The van der Waals surface area contributed by atoms with Crippen LogP contribution in [0, 0.1) is 15.5 Å². The van der Waals surface area contributed by atoms with E-state index in [0.29, 0.717) is 17.5 Å². The van der Waals surface area contributed by atoms with Crippen LogP contribution in [0.1, 0.15) is 38.2 Å². The Morgan fingerprint density at radius 2 is 2.17 bits per heavy atom. The summed E-state index contributed by atoms with van der Waals surface area (Å²) in [6.45, 7) is 5.29. The molecule has 1 heterocycles. The van der Waals surface area contributed by atoms with Crippen LogP contribution in [0.25, 0.3) is 0 Å². The summed E-state index contributed by atoms with van der Waals surface area (Å²) >= 11 is 0. The Morgan fingerprint density at radius 1 is 1.39 bits per heavy atom. The average Bonchev–Trinajstić information content (AvgIpc) is 2.97. The molecule has 0 bridgehead atoms. The van der Waals surface area contributed by atoms with Crippen molar-refractivity contribution in [1.29, 1.82) is 0 Å². The molecule has 1 spiro atoms. The number of benzene rings is 1. The van der Waals surface area contributed by atoms with Crippen molar-refractivity contribution in [2.75, 3.05) is 19.6 Å². The van der Waals surface area contributed by atoms with E-state index in [4.69, 9.17) is 0 Å². The third-order valence-electron chi connectivity index (χ3n) is 5.07. The van der Waals surface area contributed by atoms with Gasteiger partial charge in [0.2, 0.25) is 0 Å². The fourth-order valence-corrected chi connectivity index (χ4v) is 3.61. The van der Waals surface area contributed by atoms with Gasteiger partial charge in [0.25, 0.3) is 5.69 Å². The van der Waals surface area contributed by atoms with Crippen LogP contribution in [-0.2, 0) is 6.54 Å². The fourth-order valence-electron chi connectivity index (χ4n) is 3.61. The number of rotatable bonds is 4. The molecule has 0 atom stereocenters. The van der Waals surface area contributed by atoms with Gasteiger partial charge in [-0.1, -0.05) is 24.6 Å². The number of nitrogens with zero attached hydrogens (tertiary/aromatic N) is 3. The Morgan fingerprint density at radius 3 is 2.78 bits per heavy atom. The van der Waals surface area contributed by atoms with Crippen molar-refractivity contribution in [2.24, 2.45) is 10.4 Å². The highest BCUT2D eigenvalue weighted by Gasteiger charge is 2.43. The molecule has 124 valence electrons. The molecule has 6 heteroatoms. The van der Waals surface area contributed by atoms with E-state index in [9.17, 15) is 10.1 Å². The van der Waals surface area contributed by atoms with Crippen molar-refractivity contribution in [3.63, 3.8) is 0 Å². The third kappa shape index (κ3) is 3.30. The summed E-state index contributed by atoms with van der Waals surface area (Å²) in [6, 6.07) is 6.83. The van der Waals surface area contributed by atoms with Crippen molar-refractivity contribution in [1.82, 2.24) is 10.2 Å². The largest absolute Gasteiger partial charge is 0.357 e. The van der Waals surface area contributed by atoms with Crippen LogP contribution >= 0.6 is 0 Å².